The van der Waals surface area contributed by atoms with Crippen LogP contribution < -0.4 is 0 Å². The number of aromatic nitrogens is 2. The molecule has 0 aliphatic carbocycles. The van der Waals surface area contributed by atoms with Gasteiger partial charge in [0.15, 0.2) is 11.6 Å². The molecule has 0 N–H and O–H groups in total. The second-order valence-corrected chi connectivity index (χ2v) is 9.40. The first-order valence-electron chi connectivity index (χ1n) is 12.5. The molecule has 1 unspecified atom stereocenters. The van der Waals surface area contributed by atoms with Crippen LogP contribution in [0.1, 0.15) is 63.7 Å². The van der Waals surface area contributed by atoms with Crippen molar-refractivity contribution in [1.29, 1.82) is 0 Å². The second kappa shape index (κ2) is 16.3. The van der Waals surface area contributed by atoms with E-state index in [1.54, 1.807) is 6.20 Å². The van der Waals surface area contributed by atoms with Crippen molar-refractivity contribution in [3.05, 3.63) is 59.2 Å². The normalized spacial score (nSPS) is 12.3. The van der Waals surface area contributed by atoms with Gasteiger partial charge in [-0.2, -0.15) is 0 Å². The fourth-order valence-electron chi connectivity index (χ4n) is 3.09. The zero-order valence-corrected chi connectivity index (χ0v) is 22.2. The maximum absolute atomic E-state index is 12.4. The van der Waals surface area contributed by atoms with Gasteiger partial charge in [0.05, 0.1) is 49.6 Å². The van der Waals surface area contributed by atoms with E-state index in [9.17, 15) is 9.59 Å². The van der Waals surface area contributed by atoms with Gasteiger partial charge in [-0.15, -0.1) is 0 Å². The van der Waals surface area contributed by atoms with Gasteiger partial charge in [0, 0.05) is 30.2 Å². The molecule has 8 heteroatoms. The van der Waals surface area contributed by atoms with Gasteiger partial charge in [-0.05, 0) is 38.5 Å². The first-order valence-corrected chi connectivity index (χ1v) is 12.5. The largest absolute Gasteiger partial charge is 0.375 e. The Morgan fingerprint density at radius 3 is 2.22 bits per heavy atom. The third kappa shape index (κ3) is 11.5. The predicted molar refractivity (Wildman–Crippen MR) is 136 cm³/mol. The molecule has 0 spiro atoms. The maximum atomic E-state index is 12.4. The number of rotatable bonds is 18. The molecule has 8 nitrogen and oxygen atoms in total. The lowest BCUT2D eigenvalue weighted by molar-refractivity contribution is -0.128. The molecule has 2 rings (SSSR count). The van der Waals surface area contributed by atoms with E-state index in [1.165, 1.54) is 0 Å². The summed E-state index contributed by atoms with van der Waals surface area (Å²) in [6, 6.07) is 9.44. The molecular weight excluding hydrogens is 460 g/mol. The van der Waals surface area contributed by atoms with Gasteiger partial charge in [0.25, 0.3) is 0 Å². The molecule has 36 heavy (non-hydrogen) atoms. The van der Waals surface area contributed by atoms with Gasteiger partial charge in [0.2, 0.25) is 0 Å². The maximum Gasteiger partial charge on any atom is 0.161 e. The zero-order chi connectivity index (χ0) is 26.3. The van der Waals surface area contributed by atoms with E-state index in [0.29, 0.717) is 32.8 Å². The number of ketones is 2. The number of carbonyl (C=O) groups excluding carboxylic acids is 2. The van der Waals surface area contributed by atoms with E-state index in [-0.39, 0.29) is 49.3 Å². The Kier molecular flexibility index (Phi) is 13.4. The highest BCUT2D eigenvalue weighted by Gasteiger charge is 2.14. The smallest absolute Gasteiger partial charge is 0.161 e. The summed E-state index contributed by atoms with van der Waals surface area (Å²) < 4.78 is 22.5. The van der Waals surface area contributed by atoms with Gasteiger partial charge in [0.1, 0.15) is 13.2 Å². The van der Waals surface area contributed by atoms with E-state index in [2.05, 4.69) is 9.97 Å². The van der Waals surface area contributed by atoms with Crippen molar-refractivity contribution in [3.8, 4) is 0 Å². The Morgan fingerprint density at radius 1 is 0.806 bits per heavy atom. The van der Waals surface area contributed by atoms with Crippen molar-refractivity contribution < 1.29 is 28.5 Å². The fourth-order valence-corrected chi connectivity index (χ4v) is 3.09. The standard InChI is InChI=1S/C28H40N2O6/c1-20(2)27(31)18-34-14-23-8-7-12-29-26(23)17-33-13-11-22(5)28(32)19-35-15-24-9-6-10-25(30-24)16-36-21(3)4/h6-10,12,20-22H,11,13-19H2,1-5H3. The average Bonchev–Trinajstić information content (AvgIpc) is 2.86. The van der Waals surface area contributed by atoms with Gasteiger partial charge in [-0.3, -0.25) is 19.6 Å². The molecule has 0 amide bonds. The molecule has 0 radical (unpaired) electrons. The van der Waals surface area contributed by atoms with Crippen LogP contribution in [0, 0.1) is 11.8 Å². The molecule has 2 aromatic rings. The minimum atomic E-state index is -0.183. The number of hydrogen-bond acceptors (Lipinski definition) is 8. The topological polar surface area (TPSA) is 96.8 Å². The molecule has 0 saturated carbocycles. The summed E-state index contributed by atoms with van der Waals surface area (Å²) in [5.74, 6) is -0.133. The van der Waals surface area contributed by atoms with Gasteiger partial charge in [-0.1, -0.05) is 32.9 Å². The highest BCUT2D eigenvalue weighted by Crippen LogP contribution is 2.11. The quantitative estimate of drug-likeness (QED) is 0.277. The number of pyridine rings is 2. The Hall–Kier alpha value is -2.52. The van der Waals surface area contributed by atoms with Crippen LogP contribution in [-0.2, 0) is 55.0 Å². The van der Waals surface area contributed by atoms with Crippen molar-refractivity contribution in [3.63, 3.8) is 0 Å². The van der Waals surface area contributed by atoms with Crippen LogP contribution in [0.25, 0.3) is 0 Å². The molecule has 2 aromatic heterocycles. The second-order valence-electron chi connectivity index (χ2n) is 9.40. The van der Waals surface area contributed by atoms with Crippen LogP contribution in [-0.4, -0.2) is 47.5 Å². The molecular formula is C28H40N2O6. The number of carbonyl (C=O) groups is 2. The molecule has 0 aliphatic rings. The Morgan fingerprint density at radius 2 is 1.50 bits per heavy atom. The van der Waals surface area contributed by atoms with Crippen molar-refractivity contribution in [2.45, 2.75) is 73.6 Å². The van der Waals surface area contributed by atoms with E-state index in [4.69, 9.17) is 18.9 Å². The molecule has 2 heterocycles. The lowest BCUT2D eigenvalue weighted by Crippen LogP contribution is -2.19. The SMILES string of the molecule is CC(C)OCc1cccc(COCC(=O)C(C)CCOCc2ncccc2COCC(=O)C(C)C)n1. The average molecular weight is 501 g/mol. The third-order valence-electron chi connectivity index (χ3n) is 5.54. The fraction of sp³-hybridized carbons (Fsp3) is 0.571. The first kappa shape index (κ1) is 29.7. The molecule has 1 atom stereocenters. The van der Waals surface area contributed by atoms with Crippen LogP contribution in [0.4, 0.5) is 0 Å². The van der Waals surface area contributed by atoms with Crippen molar-refractivity contribution in [2.75, 3.05) is 19.8 Å². The Balaban J connectivity index is 1.67. The van der Waals surface area contributed by atoms with Crippen molar-refractivity contribution >= 4 is 11.6 Å². The minimum Gasteiger partial charge on any atom is -0.375 e. The number of nitrogens with zero attached hydrogens (tertiary/aromatic N) is 2. The lowest BCUT2D eigenvalue weighted by Gasteiger charge is -2.13. The lowest BCUT2D eigenvalue weighted by atomic mass is 10.0. The van der Waals surface area contributed by atoms with Crippen LogP contribution in [0.15, 0.2) is 36.5 Å². The van der Waals surface area contributed by atoms with Gasteiger partial charge >= 0.3 is 0 Å². The number of Topliss-reactive ketones (excluding diaryl/α,β-unsaturated/α-hetero) is 2. The van der Waals surface area contributed by atoms with E-state index in [0.717, 1.165) is 22.6 Å². The summed E-state index contributed by atoms with van der Waals surface area (Å²) in [6.07, 6.45) is 2.43. The van der Waals surface area contributed by atoms with Crippen LogP contribution in [0.2, 0.25) is 0 Å². The van der Waals surface area contributed by atoms with Gasteiger partial charge < -0.3 is 18.9 Å². The predicted octanol–water partition coefficient (Wildman–Crippen LogP) is 4.47. The summed E-state index contributed by atoms with van der Waals surface area (Å²) in [7, 11) is 0. The minimum absolute atomic E-state index is 0.0274. The van der Waals surface area contributed by atoms with E-state index >= 15 is 0 Å². The highest BCUT2D eigenvalue weighted by molar-refractivity contribution is 5.82. The first-order chi connectivity index (χ1) is 17.3. The molecule has 0 fully saturated rings. The molecule has 0 aromatic carbocycles. The van der Waals surface area contributed by atoms with Crippen molar-refractivity contribution in [1.82, 2.24) is 9.97 Å². The molecule has 0 saturated heterocycles. The Labute approximate surface area is 214 Å². The van der Waals surface area contributed by atoms with E-state index < -0.39 is 0 Å². The van der Waals surface area contributed by atoms with Crippen LogP contribution in [0.3, 0.4) is 0 Å². The van der Waals surface area contributed by atoms with Gasteiger partial charge in [-0.25, -0.2) is 0 Å². The highest BCUT2D eigenvalue weighted by atomic mass is 16.5. The number of hydrogen-bond donors (Lipinski definition) is 0. The Bertz CT molecular complexity index is 947. The summed E-state index contributed by atoms with van der Waals surface area (Å²) in [4.78, 5) is 33.0. The molecule has 0 aliphatic heterocycles. The van der Waals surface area contributed by atoms with Crippen LogP contribution >= 0.6 is 0 Å². The summed E-state index contributed by atoms with van der Waals surface area (Å²) in [5.41, 5.74) is 3.27. The third-order valence-corrected chi connectivity index (χ3v) is 5.54. The van der Waals surface area contributed by atoms with Crippen LogP contribution in [0.5, 0.6) is 0 Å². The summed E-state index contributed by atoms with van der Waals surface area (Å²) in [5, 5.41) is 0. The summed E-state index contributed by atoms with van der Waals surface area (Å²) >= 11 is 0. The van der Waals surface area contributed by atoms with E-state index in [1.807, 2.05) is 65.0 Å². The van der Waals surface area contributed by atoms with Crippen molar-refractivity contribution in [2.24, 2.45) is 11.8 Å². The molecule has 198 valence electrons. The zero-order valence-electron chi connectivity index (χ0n) is 22.2. The summed E-state index contributed by atoms with van der Waals surface area (Å²) in [6.45, 7) is 11.4. The number of ether oxygens (including phenoxy) is 4. The molecule has 0 bridgehead atoms. The monoisotopic (exact) mass is 500 g/mol.